The highest BCUT2D eigenvalue weighted by atomic mass is 16.1. The Morgan fingerprint density at radius 3 is 2.69 bits per heavy atom. The summed E-state index contributed by atoms with van der Waals surface area (Å²) in [5.74, 6) is -0.0168. The molecular formula is C9H15N3O. The van der Waals surface area contributed by atoms with E-state index in [0.717, 1.165) is 5.69 Å². The first-order chi connectivity index (χ1) is 5.88. The lowest BCUT2D eigenvalue weighted by atomic mass is 9.98. The molecule has 3 N–H and O–H groups in total. The predicted octanol–water partition coefficient (Wildman–Crippen LogP) is 1.03. The number of aryl methyl sites for hydroxylation is 1. The van der Waals surface area contributed by atoms with Crippen molar-refractivity contribution in [3.63, 3.8) is 0 Å². The van der Waals surface area contributed by atoms with Crippen molar-refractivity contribution in [2.24, 2.45) is 5.73 Å². The Balaban J connectivity index is 2.70. The van der Waals surface area contributed by atoms with Crippen molar-refractivity contribution in [1.29, 1.82) is 0 Å². The zero-order valence-electron chi connectivity index (χ0n) is 8.22. The molecule has 1 rings (SSSR count). The molecule has 1 aromatic heterocycles. The van der Waals surface area contributed by atoms with Gasteiger partial charge >= 0.3 is 0 Å². The van der Waals surface area contributed by atoms with E-state index in [9.17, 15) is 4.79 Å². The third kappa shape index (κ3) is 2.99. The summed E-state index contributed by atoms with van der Waals surface area (Å²) in [6.07, 6.45) is 0.317. The average Bonchev–Trinajstić information content (AvgIpc) is 2.31. The number of nitrogens with one attached hydrogen (secondary N) is 1. The average molecular weight is 181 g/mol. The van der Waals surface area contributed by atoms with Crippen LogP contribution in [0.5, 0.6) is 0 Å². The van der Waals surface area contributed by atoms with Crippen LogP contribution in [0, 0.1) is 6.92 Å². The van der Waals surface area contributed by atoms with E-state index in [4.69, 9.17) is 5.73 Å². The van der Waals surface area contributed by atoms with E-state index in [0.29, 0.717) is 12.1 Å². The summed E-state index contributed by atoms with van der Waals surface area (Å²) in [6, 6.07) is 1.73. The molecule has 0 radical (unpaired) electrons. The minimum atomic E-state index is -0.468. The van der Waals surface area contributed by atoms with Crippen LogP contribution in [0.4, 0.5) is 0 Å². The molecule has 4 nitrogen and oxygen atoms in total. The number of Topliss-reactive ketones (excluding diaryl/α,β-unsaturated/α-hetero) is 1. The molecule has 1 heterocycles. The van der Waals surface area contributed by atoms with E-state index in [-0.39, 0.29) is 5.78 Å². The standard InChI is InChI=1S/C9H15N3O/c1-6-4-7(12-11-6)8(13)5-9(2,3)10/h4H,5,10H2,1-3H3,(H,11,12). The maximum atomic E-state index is 11.5. The van der Waals surface area contributed by atoms with Crippen molar-refractivity contribution in [2.75, 3.05) is 0 Å². The Kier molecular flexibility index (Phi) is 2.52. The molecule has 0 aliphatic rings. The normalized spacial score (nSPS) is 11.7. The third-order valence-corrected chi connectivity index (χ3v) is 1.61. The largest absolute Gasteiger partial charge is 0.325 e. The smallest absolute Gasteiger partial charge is 0.184 e. The second-order valence-electron chi connectivity index (χ2n) is 4.02. The van der Waals surface area contributed by atoms with Crippen LogP contribution in [0.3, 0.4) is 0 Å². The lowest BCUT2D eigenvalue weighted by molar-refractivity contribution is 0.0955. The van der Waals surface area contributed by atoms with Crippen LogP contribution in [-0.4, -0.2) is 21.5 Å². The topological polar surface area (TPSA) is 71.8 Å². The molecule has 0 aromatic carbocycles. The highest BCUT2D eigenvalue weighted by Crippen LogP contribution is 2.09. The molecule has 0 aliphatic carbocycles. The van der Waals surface area contributed by atoms with Gasteiger partial charge < -0.3 is 5.73 Å². The number of nitrogens with zero attached hydrogens (tertiary/aromatic N) is 1. The van der Waals surface area contributed by atoms with Crippen LogP contribution in [0.2, 0.25) is 0 Å². The van der Waals surface area contributed by atoms with E-state index in [1.54, 1.807) is 6.07 Å². The molecule has 4 heteroatoms. The molecule has 0 saturated heterocycles. The Morgan fingerprint density at radius 2 is 2.31 bits per heavy atom. The number of hydrogen-bond acceptors (Lipinski definition) is 3. The minimum absolute atomic E-state index is 0.0168. The molecule has 13 heavy (non-hydrogen) atoms. The maximum Gasteiger partial charge on any atom is 0.184 e. The molecule has 0 atom stereocenters. The van der Waals surface area contributed by atoms with Gasteiger partial charge in [-0.3, -0.25) is 9.89 Å². The summed E-state index contributed by atoms with van der Waals surface area (Å²) >= 11 is 0. The van der Waals surface area contributed by atoms with Crippen LogP contribution in [0.15, 0.2) is 6.07 Å². The second-order valence-corrected chi connectivity index (χ2v) is 4.02. The molecule has 72 valence electrons. The second kappa shape index (κ2) is 3.30. The number of aromatic amines is 1. The van der Waals surface area contributed by atoms with Gasteiger partial charge in [-0.1, -0.05) is 0 Å². The fourth-order valence-corrected chi connectivity index (χ4v) is 1.07. The van der Waals surface area contributed by atoms with Gasteiger partial charge in [-0.05, 0) is 26.8 Å². The van der Waals surface area contributed by atoms with Crippen LogP contribution < -0.4 is 5.73 Å². The van der Waals surface area contributed by atoms with E-state index < -0.39 is 5.54 Å². The number of carbonyl (C=O) groups is 1. The van der Waals surface area contributed by atoms with E-state index in [1.165, 1.54) is 0 Å². The summed E-state index contributed by atoms with van der Waals surface area (Å²) in [4.78, 5) is 11.5. The fraction of sp³-hybridized carbons (Fsp3) is 0.556. The van der Waals surface area contributed by atoms with Gasteiger partial charge in [0.05, 0.1) is 0 Å². The third-order valence-electron chi connectivity index (χ3n) is 1.61. The molecule has 0 saturated carbocycles. The summed E-state index contributed by atoms with van der Waals surface area (Å²) in [7, 11) is 0. The van der Waals surface area contributed by atoms with Gasteiger partial charge in [0.1, 0.15) is 5.69 Å². The SMILES string of the molecule is Cc1cc(C(=O)CC(C)(C)N)n[nH]1. The number of ketones is 1. The van der Waals surface area contributed by atoms with Crippen LogP contribution >= 0.6 is 0 Å². The van der Waals surface area contributed by atoms with Gasteiger partial charge in [-0.25, -0.2) is 0 Å². The Bertz CT molecular complexity index is 309. The van der Waals surface area contributed by atoms with Crippen LogP contribution in [0.25, 0.3) is 0 Å². The van der Waals surface area contributed by atoms with Crippen molar-refractivity contribution in [3.05, 3.63) is 17.5 Å². The van der Waals surface area contributed by atoms with Crippen molar-refractivity contribution in [2.45, 2.75) is 32.7 Å². The Morgan fingerprint density at radius 1 is 1.69 bits per heavy atom. The minimum Gasteiger partial charge on any atom is -0.325 e. The van der Waals surface area contributed by atoms with Crippen molar-refractivity contribution in [3.8, 4) is 0 Å². The van der Waals surface area contributed by atoms with Crippen LogP contribution in [-0.2, 0) is 0 Å². The fourth-order valence-electron chi connectivity index (χ4n) is 1.07. The van der Waals surface area contributed by atoms with Gasteiger partial charge in [0.15, 0.2) is 5.78 Å². The lowest BCUT2D eigenvalue weighted by Gasteiger charge is -2.15. The first-order valence-corrected chi connectivity index (χ1v) is 4.22. The maximum absolute atomic E-state index is 11.5. The molecule has 0 fully saturated rings. The lowest BCUT2D eigenvalue weighted by Crippen LogP contribution is -2.34. The van der Waals surface area contributed by atoms with E-state index >= 15 is 0 Å². The molecule has 0 aliphatic heterocycles. The number of rotatable bonds is 3. The monoisotopic (exact) mass is 181 g/mol. The number of carbonyl (C=O) groups excluding carboxylic acids is 1. The zero-order chi connectivity index (χ0) is 10.1. The van der Waals surface area contributed by atoms with Gasteiger partial charge in [-0.15, -0.1) is 0 Å². The molecule has 0 unspecified atom stereocenters. The Labute approximate surface area is 77.5 Å². The quantitative estimate of drug-likeness (QED) is 0.684. The van der Waals surface area contributed by atoms with Crippen molar-refractivity contribution < 1.29 is 4.79 Å². The van der Waals surface area contributed by atoms with E-state index in [2.05, 4.69) is 10.2 Å². The molecular weight excluding hydrogens is 166 g/mol. The zero-order valence-corrected chi connectivity index (χ0v) is 8.22. The van der Waals surface area contributed by atoms with Gasteiger partial charge in [0.25, 0.3) is 0 Å². The molecule has 0 spiro atoms. The van der Waals surface area contributed by atoms with Gasteiger partial charge in [-0.2, -0.15) is 5.10 Å². The summed E-state index contributed by atoms with van der Waals surface area (Å²) in [5.41, 5.74) is 6.61. The highest BCUT2D eigenvalue weighted by molar-refractivity contribution is 5.94. The number of aromatic nitrogens is 2. The number of H-pyrrole nitrogens is 1. The van der Waals surface area contributed by atoms with E-state index in [1.807, 2.05) is 20.8 Å². The molecule has 0 amide bonds. The summed E-state index contributed by atoms with van der Waals surface area (Å²) < 4.78 is 0. The summed E-state index contributed by atoms with van der Waals surface area (Å²) in [6.45, 7) is 5.51. The first kappa shape index (κ1) is 9.92. The number of nitrogens with two attached hydrogens (primary N) is 1. The highest BCUT2D eigenvalue weighted by Gasteiger charge is 2.19. The van der Waals surface area contributed by atoms with Crippen molar-refractivity contribution >= 4 is 5.78 Å². The Hall–Kier alpha value is -1.16. The summed E-state index contributed by atoms with van der Waals surface area (Å²) in [5, 5.41) is 6.59. The van der Waals surface area contributed by atoms with Gasteiger partial charge in [0.2, 0.25) is 0 Å². The molecule has 1 aromatic rings. The number of hydrogen-bond donors (Lipinski definition) is 2. The first-order valence-electron chi connectivity index (χ1n) is 4.22. The molecule has 0 bridgehead atoms. The predicted molar refractivity (Wildman–Crippen MR) is 50.5 cm³/mol. The van der Waals surface area contributed by atoms with Gasteiger partial charge in [0, 0.05) is 17.7 Å². The van der Waals surface area contributed by atoms with Crippen LogP contribution in [0.1, 0.15) is 36.5 Å². The van der Waals surface area contributed by atoms with Crippen molar-refractivity contribution in [1.82, 2.24) is 10.2 Å².